The maximum Gasteiger partial charge on any atom is 0.417 e. The fourth-order valence-corrected chi connectivity index (χ4v) is 4.77. The van der Waals surface area contributed by atoms with E-state index in [9.17, 15) is 40.7 Å². The number of nitrogen functional groups attached to an aromatic ring is 2. The third kappa shape index (κ3) is 8.16. The quantitative estimate of drug-likeness (QED) is 0.0871. The molecule has 0 saturated heterocycles. The fourth-order valence-electron chi connectivity index (χ4n) is 4.77. The van der Waals surface area contributed by atoms with Gasteiger partial charge in [0.25, 0.3) is 17.7 Å². The molecule has 5 aromatic rings. The van der Waals surface area contributed by atoms with Gasteiger partial charge in [0.05, 0.1) is 11.1 Å². The molecule has 0 atom stereocenters. The Labute approximate surface area is 274 Å². The Kier molecular flexibility index (Phi) is 9.33. The van der Waals surface area contributed by atoms with Gasteiger partial charge < -0.3 is 27.4 Å². The minimum absolute atomic E-state index is 0.0269. The third-order valence-electron chi connectivity index (χ3n) is 7.21. The smallest absolute Gasteiger partial charge is 0.399 e. The molecular formula is C35H25F6N5O3. The Bertz CT molecular complexity index is 2030. The molecule has 250 valence electrons. The summed E-state index contributed by atoms with van der Waals surface area (Å²) in [5.74, 6) is -2.01. The maximum atomic E-state index is 14.3. The van der Waals surface area contributed by atoms with E-state index in [1.165, 1.54) is 60.7 Å². The molecule has 0 unspecified atom stereocenters. The van der Waals surface area contributed by atoms with Crippen molar-refractivity contribution in [1.29, 1.82) is 0 Å². The largest absolute Gasteiger partial charge is 0.417 e. The Morgan fingerprint density at radius 3 is 1.04 bits per heavy atom. The molecule has 49 heavy (non-hydrogen) atoms. The van der Waals surface area contributed by atoms with Crippen LogP contribution in [-0.2, 0) is 12.4 Å². The van der Waals surface area contributed by atoms with Crippen molar-refractivity contribution in [2.24, 2.45) is 0 Å². The first-order valence-corrected chi connectivity index (χ1v) is 14.3. The van der Waals surface area contributed by atoms with Gasteiger partial charge in [0.1, 0.15) is 0 Å². The van der Waals surface area contributed by atoms with Gasteiger partial charge in [-0.05, 0) is 108 Å². The summed E-state index contributed by atoms with van der Waals surface area (Å²) in [6, 6.07) is 22.0. The summed E-state index contributed by atoms with van der Waals surface area (Å²) in [6.07, 6.45) is -10.2. The van der Waals surface area contributed by atoms with Crippen LogP contribution in [0.5, 0.6) is 0 Å². The highest BCUT2D eigenvalue weighted by molar-refractivity contribution is 6.07. The standard InChI is InChI=1S/C35H25F6N5O3/c36-34(37,38)29-17-25(45-32(48)20-3-9-23(43)10-4-20)13-15-27(29)28-16-14-26(18-30(28)35(39,40)41)46-33(49)21-5-11-24(12-6-21)44-31(47)19-1-7-22(42)8-2-19/h1-18H,42-43H2,(H,44,47)(H,45,48)(H,46,49). The lowest BCUT2D eigenvalue weighted by Gasteiger charge is -2.20. The van der Waals surface area contributed by atoms with Crippen molar-refractivity contribution < 1.29 is 40.7 Å². The first kappa shape index (κ1) is 34.0. The van der Waals surface area contributed by atoms with Crippen molar-refractivity contribution in [1.82, 2.24) is 0 Å². The topological polar surface area (TPSA) is 139 Å². The Balaban J connectivity index is 1.37. The average Bonchev–Trinajstić information content (AvgIpc) is 3.05. The highest BCUT2D eigenvalue weighted by Crippen LogP contribution is 2.44. The van der Waals surface area contributed by atoms with E-state index >= 15 is 0 Å². The van der Waals surface area contributed by atoms with E-state index in [2.05, 4.69) is 16.0 Å². The van der Waals surface area contributed by atoms with E-state index in [1.54, 1.807) is 12.1 Å². The number of nitrogens with one attached hydrogen (secondary N) is 3. The molecule has 3 amide bonds. The van der Waals surface area contributed by atoms with Gasteiger partial charge in [-0.25, -0.2) is 0 Å². The molecule has 5 rings (SSSR count). The zero-order valence-electron chi connectivity index (χ0n) is 25.0. The van der Waals surface area contributed by atoms with E-state index in [1.807, 2.05) is 0 Å². The number of hydrogen-bond donors (Lipinski definition) is 5. The summed E-state index contributed by atoms with van der Waals surface area (Å²) in [5, 5.41) is 7.26. The normalized spacial score (nSPS) is 11.5. The lowest BCUT2D eigenvalue weighted by Crippen LogP contribution is -2.16. The van der Waals surface area contributed by atoms with Gasteiger partial charge in [0.2, 0.25) is 0 Å². The van der Waals surface area contributed by atoms with Gasteiger partial charge in [0.15, 0.2) is 0 Å². The predicted molar refractivity (Wildman–Crippen MR) is 174 cm³/mol. The lowest BCUT2D eigenvalue weighted by molar-refractivity contribution is -0.139. The van der Waals surface area contributed by atoms with Crippen LogP contribution in [0.1, 0.15) is 42.2 Å². The minimum Gasteiger partial charge on any atom is -0.399 e. The van der Waals surface area contributed by atoms with Crippen LogP contribution in [0.4, 0.5) is 54.8 Å². The maximum absolute atomic E-state index is 14.3. The van der Waals surface area contributed by atoms with Gasteiger partial charge in [-0.15, -0.1) is 0 Å². The number of nitrogens with two attached hydrogens (primary N) is 2. The van der Waals surface area contributed by atoms with E-state index in [-0.39, 0.29) is 22.5 Å². The predicted octanol–water partition coefficient (Wildman–Crippen LogP) is 8.31. The van der Waals surface area contributed by atoms with Gasteiger partial charge in [0, 0.05) is 45.1 Å². The van der Waals surface area contributed by atoms with Crippen molar-refractivity contribution in [2.75, 3.05) is 27.4 Å². The van der Waals surface area contributed by atoms with Crippen molar-refractivity contribution in [3.63, 3.8) is 0 Å². The molecule has 0 aliphatic rings. The summed E-state index contributed by atoms with van der Waals surface area (Å²) in [6.45, 7) is 0. The zero-order valence-corrected chi connectivity index (χ0v) is 25.0. The van der Waals surface area contributed by atoms with Crippen LogP contribution in [0.25, 0.3) is 11.1 Å². The second kappa shape index (κ2) is 13.4. The SMILES string of the molecule is Nc1ccc(C(=O)Nc2ccc(C(=O)Nc3ccc(-c4ccc(NC(=O)c5ccc(N)cc5)cc4C(F)(F)F)c(C(F)(F)F)c3)cc2)cc1. The molecular weight excluding hydrogens is 652 g/mol. The van der Waals surface area contributed by atoms with Crippen LogP contribution in [-0.4, -0.2) is 17.7 Å². The lowest BCUT2D eigenvalue weighted by atomic mass is 9.93. The van der Waals surface area contributed by atoms with Gasteiger partial charge in [-0.2, -0.15) is 26.3 Å². The third-order valence-corrected chi connectivity index (χ3v) is 7.21. The fraction of sp³-hybridized carbons (Fsp3) is 0.0571. The van der Waals surface area contributed by atoms with Crippen molar-refractivity contribution in [3.8, 4) is 11.1 Å². The molecule has 0 radical (unpaired) electrons. The van der Waals surface area contributed by atoms with Gasteiger partial charge >= 0.3 is 12.4 Å². The number of amides is 3. The Morgan fingerprint density at radius 1 is 0.429 bits per heavy atom. The first-order chi connectivity index (χ1) is 23.1. The number of benzene rings is 5. The summed E-state index contributed by atoms with van der Waals surface area (Å²) < 4.78 is 85.4. The molecule has 0 spiro atoms. The van der Waals surface area contributed by atoms with Crippen LogP contribution in [0, 0.1) is 0 Å². The molecule has 0 aliphatic carbocycles. The van der Waals surface area contributed by atoms with Gasteiger partial charge in [-0.1, -0.05) is 12.1 Å². The van der Waals surface area contributed by atoms with E-state index < -0.39 is 52.3 Å². The van der Waals surface area contributed by atoms with E-state index in [4.69, 9.17) is 11.5 Å². The van der Waals surface area contributed by atoms with Crippen molar-refractivity contribution in [3.05, 3.63) is 137 Å². The number of anilines is 5. The monoisotopic (exact) mass is 677 g/mol. The van der Waals surface area contributed by atoms with E-state index in [0.29, 0.717) is 34.8 Å². The minimum atomic E-state index is -5.12. The number of carbonyl (C=O) groups excluding carboxylic acids is 3. The van der Waals surface area contributed by atoms with Crippen LogP contribution >= 0.6 is 0 Å². The molecule has 7 N–H and O–H groups in total. The molecule has 0 bridgehead atoms. The summed E-state index contributed by atoms with van der Waals surface area (Å²) in [7, 11) is 0. The van der Waals surface area contributed by atoms with Crippen LogP contribution in [0.15, 0.2) is 109 Å². The Hall–Kier alpha value is -6.31. The molecule has 0 heterocycles. The Morgan fingerprint density at radius 2 is 0.714 bits per heavy atom. The highest BCUT2D eigenvalue weighted by Gasteiger charge is 2.39. The average molecular weight is 678 g/mol. The summed E-state index contributed by atoms with van der Waals surface area (Å²) in [4.78, 5) is 37.8. The molecule has 14 heteroatoms. The molecule has 0 saturated carbocycles. The number of rotatable bonds is 7. The molecule has 0 aliphatic heterocycles. The van der Waals surface area contributed by atoms with Crippen molar-refractivity contribution >= 4 is 46.2 Å². The highest BCUT2D eigenvalue weighted by atomic mass is 19.4. The summed E-state index contributed by atoms with van der Waals surface area (Å²) in [5.41, 5.74) is 7.75. The zero-order chi connectivity index (χ0) is 35.5. The summed E-state index contributed by atoms with van der Waals surface area (Å²) >= 11 is 0. The van der Waals surface area contributed by atoms with Crippen LogP contribution in [0.3, 0.4) is 0 Å². The molecule has 0 fully saturated rings. The van der Waals surface area contributed by atoms with E-state index in [0.717, 1.165) is 24.3 Å². The van der Waals surface area contributed by atoms with Gasteiger partial charge in [-0.3, -0.25) is 14.4 Å². The molecule has 8 nitrogen and oxygen atoms in total. The number of alkyl halides is 6. The number of halogens is 6. The molecule has 5 aromatic carbocycles. The second-order valence-corrected chi connectivity index (χ2v) is 10.7. The number of hydrogen-bond acceptors (Lipinski definition) is 5. The first-order valence-electron chi connectivity index (χ1n) is 14.3. The second-order valence-electron chi connectivity index (χ2n) is 10.7. The molecule has 0 aromatic heterocycles. The number of carbonyl (C=O) groups is 3. The van der Waals surface area contributed by atoms with Crippen LogP contribution in [0.2, 0.25) is 0 Å². The van der Waals surface area contributed by atoms with Crippen LogP contribution < -0.4 is 27.4 Å². The van der Waals surface area contributed by atoms with Crippen molar-refractivity contribution in [2.45, 2.75) is 12.4 Å².